The molecule has 0 fully saturated rings. The first-order valence-electron chi connectivity index (χ1n) is 7.31. The third kappa shape index (κ3) is 2.86. The third-order valence-electron chi connectivity index (χ3n) is 3.87. The van der Waals surface area contributed by atoms with Crippen molar-refractivity contribution in [3.8, 4) is 0 Å². The number of nitrogens with zero attached hydrogens (tertiary/aromatic N) is 2. The van der Waals surface area contributed by atoms with E-state index in [1.807, 2.05) is 67.9 Å². The summed E-state index contributed by atoms with van der Waals surface area (Å²) in [6.45, 7) is 4.00. The number of rotatable bonds is 3. The van der Waals surface area contributed by atoms with Crippen LogP contribution in [-0.4, -0.2) is 15.5 Å². The molecule has 3 aromatic rings. The Kier molecular flexibility index (Phi) is 3.67. The molecule has 0 unspecified atom stereocenters. The third-order valence-corrected chi connectivity index (χ3v) is 3.87. The number of hydrogen-bond donors (Lipinski definition) is 1. The van der Waals surface area contributed by atoms with E-state index in [1.165, 1.54) is 5.56 Å². The summed E-state index contributed by atoms with van der Waals surface area (Å²) in [4.78, 5) is 16.6. The zero-order chi connectivity index (χ0) is 15.7. The van der Waals surface area contributed by atoms with E-state index in [0.29, 0.717) is 6.42 Å². The van der Waals surface area contributed by atoms with Crippen LogP contribution in [-0.2, 0) is 18.3 Å². The Hall–Kier alpha value is -2.62. The minimum atomic E-state index is -0.0177. The Labute approximate surface area is 129 Å². The van der Waals surface area contributed by atoms with Gasteiger partial charge in [-0.3, -0.25) is 4.79 Å². The van der Waals surface area contributed by atoms with E-state index in [-0.39, 0.29) is 5.91 Å². The Balaban J connectivity index is 1.74. The number of imidazole rings is 1. The number of amides is 1. The van der Waals surface area contributed by atoms with Gasteiger partial charge in [0.1, 0.15) is 5.82 Å². The summed E-state index contributed by atoms with van der Waals surface area (Å²) in [5.41, 5.74) is 4.95. The van der Waals surface area contributed by atoms with Gasteiger partial charge in [-0.15, -0.1) is 0 Å². The molecule has 22 heavy (non-hydrogen) atoms. The maximum atomic E-state index is 12.1. The highest BCUT2D eigenvalue weighted by Crippen LogP contribution is 2.19. The van der Waals surface area contributed by atoms with Gasteiger partial charge in [0.15, 0.2) is 0 Å². The highest BCUT2D eigenvalue weighted by molar-refractivity contribution is 5.94. The quantitative estimate of drug-likeness (QED) is 0.805. The molecule has 0 aliphatic heterocycles. The van der Waals surface area contributed by atoms with Crippen LogP contribution in [0.3, 0.4) is 0 Å². The molecule has 112 valence electrons. The molecule has 1 amide bonds. The Morgan fingerprint density at radius 1 is 1.14 bits per heavy atom. The van der Waals surface area contributed by atoms with Gasteiger partial charge in [-0.05, 0) is 37.6 Å². The molecule has 4 nitrogen and oxygen atoms in total. The maximum Gasteiger partial charge on any atom is 0.228 e. The van der Waals surface area contributed by atoms with Crippen molar-refractivity contribution in [1.82, 2.24) is 9.55 Å². The second kappa shape index (κ2) is 5.64. The van der Waals surface area contributed by atoms with Crippen molar-refractivity contribution < 1.29 is 4.79 Å². The SMILES string of the molecule is Cc1ccc(CC(=O)Nc2ccc3c(c2)nc(C)n3C)cc1. The van der Waals surface area contributed by atoms with E-state index in [2.05, 4.69) is 10.3 Å². The van der Waals surface area contributed by atoms with Crippen LogP contribution in [0.25, 0.3) is 11.0 Å². The Bertz CT molecular complexity index is 831. The van der Waals surface area contributed by atoms with Crippen LogP contribution in [0.1, 0.15) is 17.0 Å². The second-order valence-corrected chi connectivity index (χ2v) is 5.63. The number of aryl methyl sites for hydroxylation is 3. The summed E-state index contributed by atoms with van der Waals surface area (Å²) in [5, 5.41) is 2.94. The molecule has 0 spiro atoms. The van der Waals surface area contributed by atoms with Crippen molar-refractivity contribution in [2.75, 3.05) is 5.32 Å². The molecule has 0 saturated carbocycles. The van der Waals surface area contributed by atoms with Crippen LogP contribution in [0.4, 0.5) is 5.69 Å². The van der Waals surface area contributed by atoms with Crippen LogP contribution < -0.4 is 5.32 Å². The summed E-state index contributed by atoms with van der Waals surface area (Å²) >= 11 is 0. The molecule has 1 N–H and O–H groups in total. The number of carbonyl (C=O) groups excluding carboxylic acids is 1. The minimum absolute atomic E-state index is 0.0177. The van der Waals surface area contributed by atoms with Crippen molar-refractivity contribution >= 4 is 22.6 Å². The van der Waals surface area contributed by atoms with E-state index in [0.717, 1.165) is 28.1 Å². The Morgan fingerprint density at radius 3 is 2.59 bits per heavy atom. The summed E-state index contributed by atoms with van der Waals surface area (Å²) in [6, 6.07) is 13.8. The molecule has 1 heterocycles. The normalized spacial score (nSPS) is 10.9. The minimum Gasteiger partial charge on any atom is -0.331 e. The predicted molar refractivity (Wildman–Crippen MR) is 89.0 cm³/mol. The van der Waals surface area contributed by atoms with Gasteiger partial charge in [-0.1, -0.05) is 29.8 Å². The molecule has 4 heteroatoms. The summed E-state index contributed by atoms with van der Waals surface area (Å²) in [5.74, 6) is 0.939. The number of nitrogens with one attached hydrogen (secondary N) is 1. The van der Waals surface area contributed by atoms with Crippen molar-refractivity contribution in [1.29, 1.82) is 0 Å². The van der Waals surface area contributed by atoms with Gasteiger partial charge < -0.3 is 9.88 Å². The summed E-state index contributed by atoms with van der Waals surface area (Å²) in [7, 11) is 1.99. The van der Waals surface area contributed by atoms with E-state index in [9.17, 15) is 4.79 Å². The van der Waals surface area contributed by atoms with Gasteiger partial charge in [0.25, 0.3) is 0 Å². The lowest BCUT2D eigenvalue weighted by atomic mass is 10.1. The largest absolute Gasteiger partial charge is 0.331 e. The van der Waals surface area contributed by atoms with Crippen molar-refractivity contribution in [3.63, 3.8) is 0 Å². The van der Waals surface area contributed by atoms with Gasteiger partial charge in [0.2, 0.25) is 5.91 Å². The molecule has 0 aliphatic carbocycles. The fourth-order valence-corrected chi connectivity index (χ4v) is 2.49. The van der Waals surface area contributed by atoms with Crippen LogP contribution in [0.15, 0.2) is 42.5 Å². The first-order chi connectivity index (χ1) is 10.5. The Morgan fingerprint density at radius 2 is 1.86 bits per heavy atom. The van der Waals surface area contributed by atoms with Gasteiger partial charge in [0, 0.05) is 12.7 Å². The fourth-order valence-electron chi connectivity index (χ4n) is 2.49. The van der Waals surface area contributed by atoms with Crippen molar-refractivity contribution in [2.24, 2.45) is 7.05 Å². The average Bonchev–Trinajstić information content (AvgIpc) is 2.76. The zero-order valence-electron chi connectivity index (χ0n) is 13.1. The first-order valence-corrected chi connectivity index (χ1v) is 7.31. The van der Waals surface area contributed by atoms with E-state index < -0.39 is 0 Å². The maximum absolute atomic E-state index is 12.1. The van der Waals surface area contributed by atoms with Crippen LogP contribution >= 0.6 is 0 Å². The molecular weight excluding hydrogens is 274 g/mol. The number of aromatic nitrogens is 2. The second-order valence-electron chi connectivity index (χ2n) is 5.63. The summed E-state index contributed by atoms with van der Waals surface area (Å²) < 4.78 is 2.03. The van der Waals surface area contributed by atoms with Crippen molar-refractivity contribution in [3.05, 3.63) is 59.4 Å². The molecule has 3 rings (SSSR count). The molecule has 1 aromatic heterocycles. The molecule has 0 saturated heterocycles. The van der Waals surface area contributed by atoms with Crippen LogP contribution in [0, 0.1) is 13.8 Å². The number of anilines is 1. The van der Waals surface area contributed by atoms with E-state index >= 15 is 0 Å². The molecule has 0 radical (unpaired) electrons. The van der Waals surface area contributed by atoms with Gasteiger partial charge in [-0.2, -0.15) is 0 Å². The first kappa shape index (κ1) is 14.3. The molecule has 2 aromatic carbocycles. The van der Waals surface area contributed by atoms with Crippen LogP contribution in [0.2, 0.25) is 0 Å². The monoisotopic (exact) mass is 293 g/mol. The van der Waals surface area contributed by atoms with Gasteiger partial charge >= 0.3 is 0 Å². The highest BCUT2D eigenvalue weighted by atomic mass is 16.1. The van der Waals surface area contributed by atoms with Crippen molar-refractivity contribution in [2.45, 2.75) is 20.3 Å². The lowest BCUT2D eigenvalue weighted by Crippen LogP contribution is -2.14. The smallest absolute Gasteiger partial charge is 0.228 e. The number of benzene rings is 2. The molecular formula is C18H19N3O. The fraction of sp³-hybridized carbons (Fsp3) is 0.222. The lowest BCUT2D eigenvalue weighted by molar-refractivity contribution is -0.115. The van der Waals surface area contributed by atoms with Crippen LogP contribution in [0.5, 0.6) is 0 Å². The lowest BCUT2D eigenvalue weighted by Gasteiger charge is -2.06. The standard InChI is InChI=1S/C18H19N3O/c1-12-4-6-14(7-5-12)10-18(22)20-15-8-9-17-16(11-15)19-13(2)21(17)3/h4-9,11H,10H2,1-3H3,(H,20,22). The molecule has 0 aliphatic rings. The van der Waals surface area contributed by atoms with E-state index in [4.69, 9.17) is 0 Å². The number of carbonyl (C=O) groups is 1. The number of hydrogen-bond acceptors (Lipinski definition) is 2. The molecule has 0 bridgehead atoms. The van der Waals surface area contributed by atoms with Gasteiger partial charge in [-0.25, -0.2) is 4.98 Å². The number of fused-ring (bicyclic) bond motifs is 1. The van der Waals surface area contributed by atoms with Gasteiger partial charge in [0.05, 0.1) is 17.5 Å². The highest BCUT2D eigenvalue weighted by Gasteiger charge is 2.08. The predicted octanol–water partition coefficient (Wildman–Crippen LogP) is 3.37. The summed E-state index contributed by atoms with van der Waals surface area (Å²) in [6.07, 6.45) is 0.375. The topological polar surface area (TPSA) is 46.9 Å². The van der Waals surface area contributed by atoms with E-state index in [1.54, 1.807) is 0 Å². The average molecular weight is 293 g/mol. The molecule has 0 atom stereocenters. The zero-order valence-corrected chi connectivity index (χ0v) is 13.1.